The molecule has 1 unspecified atom stereocenters. The van der Waals surface area contributed by atoms with E-state index in [4.69, 9.17) is 9.73 Å². The van der Waals surface area contributed by atoms with Gasteiger partial charge in [0.2, 0.25) is 0 Å². The molecule has 0 spiro atoms. The quantitative estimate of drug-likeness (QED) is 0.605. The zero-order chi connectivity index (χ0) is 18.2. The number of guanidine groups is 1. The van der Waals surface area contributed by atoms with Crippen LogP contribution >= 0.6 is 0 Å². The number of aliphatic imine (C=N–C) groups is 1. The predicted octanol–water partition coefficient (Wildman–Crippen LogP) is 1.82. The molecule has 1 fully saturated rings. The molecule has 3 rings (SSSR count). The summed E-state index contributed by atoms with van der Waals surface area (Å²) in [5.74, 6) is 2.35. The highest BCUT2D eigenvalue weighted by Gasteiger charge is 2.25. The second kappa shape index (κ2) is 9.33. The Bertz CT molecular complexity index is 699. The lowest BCUT2D eigenvalue weighted by Crippen LogP contribution is -2.40. The van der Waals surface area contributed by atoms with Gasteiger partial charge >= 0.3 is 0 Å². The van der Waals surface area contributed by atoms with Crippen molar-refractivity contribution in [1.82, 2.24) is 25.0 Å². The predicted molar refractivity (Wildman–Crippen MR) is 102 cm³/mol. The van der Waals surface area contributed by atoms with E-state index < -0.39 is 0 Å². The van der Waals surface area contributed by atoms with Crippen LogP contribution in [-0.4, -0.2) is 51.9 Å². The molecule has 2 heterocycles. The standard InChI is InChI=1S/C19H28N6O/c1-3-20-19(21-11-18-23-22-15-24(18)2)25-10-9-17(12-25)14-26-13-16-7-5-4-6-8-16/h4-8,15,17H,3,9-14H2,1-2H3,(H,20,21). The van der Waals surface area contributed by atoms with Crippen LogP contribution in [0, 0.1) is 5.92 Å². The van der Waals surface area contributed by atoms with E-state index in [0.717, 1.165) is 44.4 Å². The molecule has 0 aliphatic carbocycles. The number of hydrogen-bond acceptors (Lipinski definition) is 4. The van der Waals surface area contributed by atoms with Crippen molar-refractivity contribution in [2.24, 2.45) is 18.0 Å². The molecule has 1 aromatic carbocycles. The summed E-state index contributed by atoms with van der Waals surface area (Å²) >= 11 is 0. The summed E-state index contributed by atoms with van der Waals surface area (Å²) in [6.45, 7) is 6.91. The molecular formula is C19H28N6O. The van der Waals surface area contributed by atoms with Gasteiger partial charge < -0.3 is 19.5 Å². The van der Waals surface area contributed by atoms with Gasteiger partial charge in [-0.05, 0) is 18.9 Å². The summed E-state index contributed by atoms with van der Waals surface area (Å²) in [5, 5.41) is 11.4. The second-order valence-corrected chi connectivity index (χ2v) is 6.63. The molecule has 1 N–H and O–H groups in total. The zero-order valence-corrected chi connectivity index (χ0v) is 15.6. The van der Waals surface area contributed by atoms with Crippen molar-refractivity contribution < 1.29 is 4.74 Å². The highest BCUT2D eigenvalue weighted by atomic mass is 16.5. The van der Waals surface area contributed by atoms with E-state index in [9.17, 15) is 0 Å². The van der Waals surface area contributed by atoms with Gasteiger partial charge in [-0.15, -0.1) is 10.2 Å². The van der Waals surface area contributed by atoms with Crippen molar-refractivity contribution in [1.29, 1.82) is 0 Å². The normalized spacial score (nSPS) is 17.7. The number of rotatable bonds is 7. The Labute approximate surface area is 155 Å². The lowest BCUT2D eigenvalue weighted by Gasteiger charge is -2.21. The van der Waals surface area contributed by atoms with Gasteiger partial charge in [0.05, 0.1) is 13.2 Å². The summed E-state index contributed by atoms with van der Waals surface area (Å²) in [5.41, 5.74) is 1.22. The van der Waals surface area contributed by atoms with Gasteiger partial charge in [-0.1, -0.05) is 30.3 Å². The fraction of sp³-hybridized carbons (Fsp3) is 0.526. The Morgan fingerprint density at radius 1 is 1.35 bits per heavy atom. The van der Waals surface area contributed by atoms with Gasteiger partial charge in [0, 0.05) is 32.6 Å². The van der Waals surface area contributed by atoms with Crippen LogP contribution in [0.3, 0.4) is 0 Å². The Balaban J connectivity index is 1.49. The lowest BCUT2D eigenvalue weighted by molar-refractivity contribution is 0.0906. The minimum Gasteiger partial charge on any atom is -0.376 e. The Hall–Kier alpha value is -2.41. The van der Waals surface area contributed by atoms with Crippen molar-refractivity contribution >= 4 is 5.96 Å². The smallest absolute Gasteiger partial charge is 0.194 e. The van der Waals surface area contributed by atoms with Gasteiger partial charge in [0.1, 0.15) is 12.9 Å². The average Bonchev–Trinajstić information content (AvgIpc) is 3.29. The summed E-state index contributed by atoms with van der Waals surface area (Å²) in [7, 11) is 1.94. The highest BCUT2D eigenvalue weighted by molar-refractivity contribution is 5.80. The van der Waals surface area contributed by atoms with E-state index in [1.165, 1.54) is 5.56 Å². The van der Waals surface area contributed by atoms with Crippen molar-refractivity contribution in [3.8, 4) is 0 Å². The second-order valence-electron chi connectivity index (χ2n) is 6.63. The third-order valence-electron chi connectivity index (χ3n) is 4.56. The van der Waals surface area contributed by atoms with Crippen LogP contribution in [0.15, 0.2) is 41.7 Å². The number of hydrogen-bond donors (Lipinski definition) is 1. The first-order valence-electron chi connectivity index (χ1n) is 9.24. The molecule has 7 heteroatoms. The van der Waals surface area contributed by atoms with Gasteiger partial charge in [-0.2, -0.15) is 0 Å². The number of ether oxygens (including phenoxy) is 1. The molecule has 1 aliphatic rings. The van der Waals surface area contributed by atoms with Crippen LogP contribution in [0.25, 0.3) is 0 Å². The Kier molecular flexibility index (Phi) is 6.60. The van der Waals surface area contributed by atoms with E-state index >= 15 is 0 Å². The first-order valence-corrected chi connectivity index (χ1v) is 9.24. The molecule has 1 aromatic heterocycles. The number of nitrogens with one attached hydrogen (secondary N) is 1. The van der Waals surface area contributed by atoms with Gasteiger partial charge in [-0.25, -0.2) is 4.99 Å². The monoisotopic (exact) mass is 356 g/mol. The maximum absolute atomic E-state index is 5.92. The number of benzene rings is 1. The third kappa shape index (κ3) is 5.05. The zero-order valence-electron chi connectivity index (χ0n) is 15.6. The molecule has 1 aliphatic heterocycles. The molecule has 0 amide bonds. The maximum Gasteiger partial charge on any atom is 0.194 e. The number of aromatic nitrogens is 3. The summed E-state index contributed by atoms with van der Waals surface area (Å²) in [6, 6.07) is 10.3. The van der Waals surface area contributed by atoms with Crippen molar-refractivity contribution in [2.75, 3.05) is 26.2 Å². The summed E-state index contributed by atoms with van der Waals surface area (Å²) in [4.78, 5) is 7.04. The van der Waals surface area contributed by atoms with Crippen LogP contribution in [0.4, 0.5) is 0 Å². The Morgan fingerprint density at radius 2 is 2.19 bits per heavy atom. The highest BCUT2D eigenvalue weighted by Crippen LogP contribution is 2.17. The summed E-state index contributed by atoms with van der Waals surface area (Å²) in [6.07, 6.45) is 2.83. The third-order valence-corrected chi connectivity index (χ3v) is 4.56. The molecule has 7 nitrogen and oxygen atoms in total. The van der Waals surface area contributed by atoms with Crippen molar-refractivity contribution in [3.05, 3.63) is 48.0 Å². The van der Waals surface area contributed by atoms with Crippen LogP contribution in [0.2, 0.25) is 0 Å². The average molecular weight is 356 g/mol. The molecule has 0 radical (unpaired) electrons. The van der Waals surface area contributed by atoms with E-state index in [2.05, 4.69) is 39.5 Å². The fourth-order valence-corrected chi connectivity index (χ4v) is 3.10. The van der Waals surface area contributed by atoms with Crippen molar-refractivity contribution in [2.45, 2.75) is 26.5 Å². The van der Waals surface area contributed by atoms with Crippen LogP contribution < -0.4 is 5.32 Å². The topological polar surface area (TPSA) is 67.6 Å². The van der Waals surface area contributed by atoms with E-state index in [-0.39, 0.29) is 0 Å². The SMILES string of the molecule is CCNC(=NCc1nncn1C)N1CCC(COCc2ccccc2)C1. The number of nitrogens with zero attached hydrogens (tertiary/aromatic N) is 5. The van der Waals surface area contributed by atoms with Crippen LogP contribution in [0.5, 0.6) is 0 Å². The van der Waals surface area contributed by atoms with Gasteiger partial charge in [0.25, 0.3) is 0 Å². The van der Waals surface area contributed by atoms with Crippen molar-refractivity contribution in [3.63, 3.8) is 0 Å². The number of likely N-dealkylation sites (tertiary alicyclic amines) is 1. The maximum atomic E-state index is 5.92. The molecule has 1 saturated heterocycles. The van der Waals surface area contributed by atoms with Crippen LogP contribution in [-0.2, 0) is 24.9 Å². The minimum atomic E-state index is 0.532. The lowest BCUT2D eigenvalue weighted by atomic mass is 10.1. The molecule has 2 aromatic rings. The summed E-state index contributed by atoms with van der Waals surface area (Å²) < 4.78 is 7.82. The van der Waals surface area contributed by atoms with Gasteiger partial charge in [-0.3, -0.25) is 0 Å². The molecule has 0 bridgehead atoms. The van der Waals surface area contributed by atoms with E-state index in [1.54, 1.807) is 6.33 Å². The first kappa shape index (κ1) is 18.4. The molecule has 26 heavy (non-hydrogen) atoms. The molecular weight excluding hydrogens is 328 g/mol. The van der Waals surface area contributed by atoms with Gasteiger partial charge in [0.15, 0.2) is 11.8 Å². The molecule has 0 saturated carbocycles. The Morgan fingerprint density at radius 3 is 2.92 bits per heavy atom. The largest absolute Gasteiger partial charge is 0.376 e. The molecule has 140 valence electrons. The van der Waals surface area contributed by atoms with E-state index in [1.807, 2.05) is 29.8 Å². The molecule has 1 atom stereocenters. The number of aryl methyl sites for hydroxylation is 1. The first-order chi connectivity index (χ1) is 12.8. The van der Waals surface area contributed by atoms with E-state index in [0.29, 0.717) is 19.1 Å². The van der Waals surface area contributed by atoms with Crippen LogP contribution in [0.1, 0.15) is 24.7 Å². The fourth-order valence-electron chi connectivity index (χ4n) is 3.10. The minimum absolute atomic E-state index is 0.532.